The second-order valence-corrected chi connectivity index (χ2v) is 8.25. The summed E-state index contributed by atoms with van der Waals surface area (Å²) in [5, 5.41) is 3.01. The number of nitrogens with zero attached hydrogens (tertiary/aromatic N) is 2. The van der Waals surface area contributed by atoms with Crippen LogP contribution in [0.1, 0.15) is 15.9 Å². The minimum Gasteiger partial charge on any atom is -0.454 e. The van der Waals surface area contributed by atoms with Crippen molar-refractivity contribution in [3.8, 4) is 33.9 Å². The van der Waals surface area contributed by atoms with Gasteiger partial charge in [-0.25, -0.2) is 4.98 Å². The first kappa shape index (κ1) is 20.1. The zero-order valence-corrected chi connectivity index (χ0v) is 18.5. The highest BCUT2D eigenvalue weighted by molar-refractivity contribution is 6.06. The van der Waals surface area contributed by atoms with Gasteiger partial charge >= 0.3 is 0 Å². The van der Waals surface area contributed by atoms with Gasteiger partial charge in [-0.15, -0.1) is 0 Å². The molecule has 6 nitrogen and oxygen atoms in total. The van der Waals surface area contributed by atoms with Crippen molar-refractivity contribution in [1.82, 2.24) is 9.38 Å². The van der Waals surface area contributed by atoms with E-state index in [4.69, 9.17) is 14.5 Å². The highest BCUT2D eigenvalue weighted by Crippen LogP contribution is 2.33. The summed E-state index contributed by atoms with van der Waals surface area (Å²) in [5.41, 5.74) is 7.01. The fourth-order valence-corrected chi connectivity index (χ4v) is 4.17. The molecule has 0 unspecified atom stereocenters. The van der Waals surface area contributed by atoms with Crippen molar-refractivity contribution in [1.29, 1.82) is 0 Å². The third-order valence-corrected chi connectivity index (χ3v) is 5.86. The predicted octanol–water partition coefficient (Wildman–Crippen LogP) is 5.96. The van der Waals surface area contributed by atoms with Crippen LogP contribution in [0.5, 0.6) is 11.5 Å². The van der Waals surface area contributed by atoms with E-state index >= 15 is 0 Å². The third kappa shape index (κ3) is 3.65. The van der Waals surface area contributed by atoms with Crippen LogP contribution in [-0.2, 0) is 0 Å². The number of hydrogen-bond donors (Lipinski definition) is 1. The van der Waals surface area contributed by atoms with E-state index in [1.165, 1.54) is 5.56 Å². The van der Waals surface area contributed by atoms with Gasteiger partial charge in [0.1, 0.15) is 0 Å². The molecule has 3 aromatic carbocycles. The molecule has 0 fully saturated rings. The lowest BCUT2D eigenvalue weighted by Crippen LogP contribution is -2.13. The summed E-state index contributed by atoms with van der Waals surface area (Å²) in [7, 11) is 0. The smallest absolute Gasteiger partial charge is 0.255 e. The van der Waals surface area contributed by atoms with Crippen molar-refractivity contribution in [2.45, 2.75) is 6.92 Å². The number of fused-ring (bicyclic) bond motifs is 2. The maximum absolute atomic E-state index is 13.0. The van der Waals surface area contributed by atoms with E-state index in [-0.39, 0.29) is 12.7 Å². The molecule has 0 spiro atoms. The molecule has 2 aromatic heterocycles. The average molecular weight is 447 g/mol. The maximum atomic E-state index is 13.0. The van der Waals surface area contributed by atoms with E-state index in [0.29, 0.717) is 28.4 Å². The number of carbonyl (C=O) groups excluding carboxylic acids is 1. The van der Waals surface area contributed by atoms with Crippen molar-refractivity contribution in [3.05, 3.63) is 102 Å². The van der Waals surface area contributed by atoms with Gasteiger partial charge in [0.2, 0.25) is 6.79 Å². The van der Waals surface area contributed by atoms with Gasteiger partial charge in [-0.1, -0.05) is 54.6 Å². The molecule has 0 atom stereocenters. The van der Waals surface area contributed by atoms with Crippen LogP contribution in [-0.4, -0.2) is 22.1 Å². The number of nitrogens with one attached hydrogen (secondary N) is 1. The maximum Gasteiger partial charge on any atom is 0.255 e. The van der Waals surface area contributed by atoms with Crippen LogP contribution in [0.4, 0.5) is 5.69 Å². The van der Waals surface area contributed by atoms with Crippen LogP contribution >= 0.6 is 0 Å². The van der Waals surface area contributed by atoms with Gasteiger partial charge in [-0.2, -0.15) is 0 Å². The van der Waals surface area contributed by atoms with Crippen LogP contribution in [0.25, 0.3) is 28.0 Å². The van der Waals surface area contributed by atoms with Crippen LogP contribution < -0.4 is 14.8 Å². The number of hydrogen-bond acceptors (Lipinski definition) is 4. The number of benzene rings is 3. The average Bonchev–Trinajstić information content (AvgIpc) is 3.51. The van der Waals surface area contributed by atoms with Gasteiger partial charge in [-0.05, 0) is 47.9 Å². The standard InChI is InChI=1S/C28H21N3O3/c1-18-13-23(30-28(32)22-11-12-25-26(14-22)34-17-33-25)27-29-24(16-31(27)15-18)21-9-7-20(8-10-21)19-5-3-2-4-6-19/h2-16H,17H2,1H3,(H,30,32). The van der Waals surface area contributed by atoms with Crippen LogP contribution in [0, 0.1) is 6.92 Å². The molecule has 0 bridgehead atoms. The summed E-state index contributed by atoms with van der Waals surface area (Å²) in [6.07, 6.45) is 3.98. The van der Waals surface area contributed by atoms with Crippen molar-refractivity contribution in [3.63, 3.8) is 0 Å². The van der Waals surface area contributed by atoms with Crippen LogP contribution in [0.2, 0.25) is 0 Å². The van der Waals surface area contributed by atoms with E-state index in [0.717, 1.165) is 22.4 Å². The summed E-state index contributed by atoms with van der Waals surface area (Å²) < 4.78 is 12.7. The Bertz CT molecular complexity index is 1520. The predicted molar refractivity (Wildman–Crippen MR) is 131 cm³/mol. The van der Waals surface area contributed by atoms with E-state index in [1.54, 1.807) is 18.2 Å². The lowest BCUT2D eigenvalue weighted by Gasteiger charge is -2.08. The van der Waals surface area contributed by atoms with Gasteiger partial charge in [0.05, 0.1) is 11.4 Å². The normalized spacial score (nSPS) is 12.1. The van der Waals surface area contributed by atoms with Crippen LogP contribution in [0.3, 0.4) is 0 Å². The molecule has 6 rings (SSSR count). The van der Waals surface area contributed by atoms with Crippen molar-refractivity contribution >= 4 is 17.2 Å². The number of aryl methyl sites for hydroxylation is 1. The van der Waals surface area contributed by atoms with E-state index in [9.17, 15) is 4.79 Å². The highest BCUT2D eigenvalue weighted by Gasteiger charge is 2.18. The summed E-state index contributed by atoms with van der Waals surface area (Å²) in [5.74, 6) is 0.984. The number of ether oxygens (including phenoxy) is 2. The third-order valence-electron chi connectivity index (χ3n) is 5.86. The Morgan fingerprint density at radius 3 is 2.41 bits per heavy atom. The molecular formula is C28H21N3O3. The Labute approximate surface area is 196 Å². The van der Waals surface area contributed by atoms with Crippen molar-refractivity contribution < 1.29 is 14.3 Å². The molecule has 1 amide bonds. The Hall–Kier alpha value is -4.58. The van der Waals surface area contributed by atoms with E-state index in [1.807, 2.05) is 48.0 Å². The number of aromatic nitrogens is 2. The molecule has 5 aromatic rings. The van der Waals surface area contributed by atoms with Gasteiger partial charge in [0.15, 0.2) is 17.1 Å². The van der Waals surface area contributed by atoms with Crippen molar-refractivity contribution in [2.24, 2.45) is 0 Å². The fourth-order valence-electron chi connectivity index (χ4n) is 4.17. The monoisotopic (exact) mass is 447 g/mol. The van der Waals surface area contributed by atoms with Crippen LogP contribution in [0.15, 0.2) is 91.3 Å². The minimum atomic E-state index is -0.234. The summed E-state index contributed by atoms with van der Waals surface area (Å²) >= 11 is 0. The second kappa shape index (κ2) is 8.08. The van der Waals surface area contributed by atoms with Crippen molar-refractivity contribution in [2.75, 3.05) is 12.1 Å². The molecule has 1 aliphatic rings. The largest absolute Gasteiger partial charge is 0.454 e. The second-order valence-electron chi connectivity index (χ2n) is 8.25. The zero-order chi connectivity index (χ0) is 23.1. The fraction of sp³-hybridized carbons (Fsp3) is 0.0714. The molecule has 0 saturated heterocycles. The molecule has 0 radical (unpaired) electrons. The summed E-state index contributed by atoms with van der Waals surface area (Å²) in [4.78, 5) is 17.8. The summed E-state index contributed by atoms with van der Waals surface area (Å²) in [6.45, 7) is 2.16. The Balaban J connectivity index is 1.31. The van der Waals surface area contributed by atoms with Gasteiger partial charge in [0, 0.05) is 23.5 Å². The first-order valence-electron chi connectivity index (χ1n) is 11.0. The molecule has 1 aliphatic heterocycles. The molecule has 0 aliphatic carbocycles. The summed E-state index contributed by atoms with van der Waals surface area (Å²) in [6, 6.07) is 25.7. The Morgan fingerprint density at radius 2 is 1.59 bits per heavy atom. The molecule has 6 heteroatoms. The lowest BCUT2D eigenvalue weighted by atomic mass is 10.0. The number of carbonyl (C=O) groups is 1. The Kier molecular flexibility index (Phi) is 4.77. The van der Waals surface area contributed by atoms with Gasteiger partial charge in [-0.3, -0.25) is 4.79 Å². The van der Waals surface area contributed by atoms with Gasteiger partial charge < -0.3 is 19.2 Å². The first-order chi connectivity index (χ1) is 16.6. The number of amides is 1. The lowest BCUT2D eigenvalue weighted by molar-refractivity contribution is 0.102. The SMILES string of the molecule is Cc1cc(NC(=O)c2ccc3c(c2)OCO3)c2nc(-c3ccc(-c4ccccc4)cc3)cn2c1. The molecule has 0 saturated carbocycles. The first-order valence-corrected chi connectivity index (χ1v) is 11.0. The molecule has 34 heavy (non-hydrogen) atoms. The van der Waals surface area contributed by atoms with Gasteiger partial charge in [0.25, 0.3) is 5.91 Å². The highest BCUT2D eigenvalue weighted by atomic mass is 16.7. The Morgan fingerprint density at radius 1 is 0.853 bits per heavy atom. The molecule has 166 valence electrons. The number of rotatable bonds is 4. The topological polar surface area (TPSA) is 64.9 Å². The van der Waals surface area contributed by atoms with E-state index in [2.05, 4.69) is 41.7 Å². The number of imidazole rings is 1. The number of pyridine rings is 1. The quantitative estimate of drug-likeness (QED) is 0.369. The molecule has 1 N–H and O–H groups in total. The zero-order valence-electron chi connectivity index (χ0n) is 18.5. The minimum absolute atomic E-state index is 0.169. The number of anilines is 1. The molecular weight excluding hydrogens is 426 g/mol. The van der Waals surface area contributed by atoms with E-state index < -0.39 is 0 Å². The molecule has 3 heterocycles.